The van der Waals surface area contributed by atoms with E-state index in [1.807, 2.05) is 46.8 Å². The molecule has 0 aromatic heterocycles. The molecule has 0 aliphatic heterocycles. The molecule has 0 heterocycles. The van der Waals surface area contributed by atoms with Gasteiger partial charge in [0.15, 0.2) is 0 Å². The monoisotopic (exact) mass is 447 g/mol. The average molecular weight is 448 g/mol. The molecule has 0 aliphatic rings. The molecule has 0 amide bonds. The predicted octanol–water partition coefficient (Wildman–Crippen LogP) is 6.72. The fourth-order valence-corrected chi connectivity index (χ4v) is 7.24. The number of nitrogens with zero attached hydrogens (tertiary/aromatic N) is 1. The van der Waals surface area contributed by atoms with Crippen LogP contribution in [0.1, 0.15) is 81.5 Å². The molecule has 0 N–H and O–H groups in total. The van der Waals surface area contributed by atoms with Gasteiger partial charge >= 0.3 is 0 Å². The second kappa shape index (κ2) is 9.06. The van der Waals surface area contributed by atoms with Crippen LogP contribution in [0.15, 0.2) is 61.9 Å². The van der Waals surface area contributed by atoms with Crippen molar-refractivity contribution in [3.63, 3.8) is 0 Å². The van der Waals surface area contributed by atoms with E-state index in [9.17, 15) is 12.6 Å². The zero-order valence-electron chi connectivity index (χ0n) is 19.0. The fourth-order valence-electron chi connectivity index (χ4n) is 3.28. The van der Waals surface area contributed by atoms with Crippen molar-refractivity contribution in [2.75, 3.05) is 0 Å². The Morgan fingerprint density at radius 2 is 1.30 bits per heavy atom. The maximum absolute atomic E-state index is 14.1. The SMILES string of the molecule is C=CS(=O)(=NS(=O)(=O)c1ccc(C)cc1)c1c(C(C)C)cc(C(C)C)cc1C(C)C. The van der Waals surface area contributed by atoms with Gasteiger partial charge in [0.1, 0.15) is 9.73 Å². The van der Waals surface area contributed by atoms with E-state index >= 15 is 0 Å². The van der Waals surface area contributed by atoms with E-state index in [1.165, 1.54) is 17.5 Å². The molecule has 0 fully saturated rings. The minimum atomic E-state index is -4.13. The minimum Gasteiger partial charge on any atom is -0.239 e. The number of hydrogen-bond donors (Lipinski definition) is 0. The summed E-state index contributed by atoms with van der Waals surface area (Å²) in [7, 11) is -7.54. The lowest BCUT2D eigenvalue weighted by atomic mass is 9.89. The summed E-state index contributed by atoms with van der Waals surface area (Å²) in [5.74, 6) is 0.394. The Labute approximate surface area is 182 Å². The third kappa shape index (κ3) is 5.03. The van der Waals surface area contributed by atoms with Gasteiger partial charge in [-0.25, -0.2) is 4.21 Å². The average Bonchev–Trinajstić information content (AvgIpc) is 2.66. The number of rotatable bonds is 7. The molecule has 0 spiro atoms. The van der Waals surface area contributed by atoms with Crippen LogP contribution < -0.4 is 0 Å². The normalized spacial score (nSPS) is 14.2. The lowest BCUT2D eigenvalue weighted by molar-refractivity contribution is 0.598. The van der Waals surface area contributed by atoms with Gasteiger partial charge in [-0.15, -0.1) is 0 Å². The molecule has 0 aliphatic carbocycles. The Morgan fingerprint density at radius 1 is 0.833 bits per heavy atom. The lowest BCUT2D eigenvalue weighted by Crippen LogP contribution is -2.12. The molecule has 164 valence electrons. The van der Waals surface area contributed by atoms with E-state index in [0.29, 0.717) is 10.8 Å². The highest BCUT2D eigenvalue weighted by Crippen LogP contribution is 2.37. The number of hydrogen-bond acceptors (Lipinski definition) is 3. The Hall–Kier alpha value is -1.92. The molecule has 0 saturated heterocycles. The van der Waals surface area contributed by atoms with Crippen molar-refractivity contribution in [2.24, 2.45) is 3.77 Å². The number of benzene rings is 2. The van der Waals surface area contributed by atoms with Crippen molar-refractivity contribution in [3.05, 3.63) is 70.6 Å². The molecule has 6 heteroatoms. The van der Waals surface area contributed by atoms with Gasteiger partial charge in [0.2, 0.25) is 0 Å². The molecule has 4 nitrogen and oxygen atoms in total. The Morgan fingerprint density at radius 3 is 1.67 bits per heavy atom. The second-order valence-electron chi connectivity index (χ2n) is 8.59. The largest absolute Gasteiger partial charge is 0.290 e. The first-order valence-electron chi connectivity index (χ1n) is 10.2. The fraction of sp³-hybridized carbons (Fsp3) is 0.417. The molecule has 0 saturated carbocycles. The summed E-state index contributed by atoms with van der Waals surface area (Å²) in [6.07, 6.45) is 0. The Bertz CT molecular complexity index is 1120. The smallest absolute Gasteiger partial charge is 0.239 e. The van der Waals surface area contributed by atoms with Gasteiger partial charge in [-0.1, -0.05) is 81.7 Å². The van der Waals surface area contributed by atoms with Crippen LogP contribution in [0.3, 0.4) is 0 Å². The van der Waals surface area contributed by atoms with Crippen molar-refractivity contribution in [1.82, 2.24) is 0 Å². The van der Waals surface area contributed by atoms with E-state index in [4.69, 9.17) is 0 Å². The first-order valence-corrected chi connectivity index (χ1v) is 13.2. The lowest BCUT2D eigenvalue weighted by Gasteiger charge is -2.23. The van der Waals surface area contributed by atoms with Crippen molar-refractivity contribution >= 4 is 19.8 Å². The first kappa shape index (κ1) is 24.4. The van der Waals surface area contributed by atoms with E-state index in [2.05, 4.69) is 24.2 Å². The van der Waals surface area contributed by atoms with Crippen molar-refractivity contribution in [3.8, 4) is 0 Å². The van der Waals surface area contributed by atoms with Gasteiger partial charge < -0.3 is 0 Å². The molecular weight excluding hydrogens is 414 g/mol. The minimum absolute atomic E-state index is 0.0265. The second-order valence-corrected chi connectivity index (χ2v) is 12.5. The molecule has 2 aromatic rings. The summed E-state index contributed by atoms with van der Waals surface area (Å²) >= 11 is 0. The zero-order valence-corrected chi connectivity index (χ0v) is 20.6. The number of aryl methyl sites for hydroxylation is 1. The third-order valence-corrected chi connectivity index (χ3v) is 9.17. The maximum Gasteiger partial charge on any atom is 0.290 e. The Kier molecular flexibility index (Phi) is 7.36. The summed E-state index contributed by atoms with van der Waals surface area (Å²) in [5, 5.41) is 1.20. The van der Waals surface area contributed by atoms with Crippen LogP contribution in [0.2, 0.25) is 0 Å². The third-order valence-electron chi connectivity index (χ3n) is 5.13. The van der Waals surface area contributed by atoms with Crippen LogP contribution in [0.4, 0.5) is 0 Å². The molecule has 1 atom stereocenters. The molecule has 0 radical (unpaired) electrons. The summed E-state index contributed by atoms with van der Waals surface area (Å²) in [6.45, 7) is 17.9. The number of sulfonamides is 1. The van der Waals surface area contributed by atoms with Gasteiger partial charge in [0.25, 0.3) is 10.0 Å². The predicted molar refractivity (Wildman–Crippen MR) is 126 cm³/mol. The van der Waals surface area contributed by atoms with Crippen LogP contribution in [-0.4, -0.2) is 12.6 Å². The van der Waals surface area contributed by atoms with E-state index in [0.717, 1.165) is 22.3 Å². The molecule has 30 heavy (non-hydrogen) atoms. The summed E-state index contributed by atoms with van der Waals surface area (Å²) in [5.41, 5.74) is 3.79. The van der Waals surface area contributed by atoms with E-state index < -0.39 is 19.8 Å². The van der Waals surface area contributed by atoms with Crippen LogP contribution in [0.5, 0.6) is 0 Å². The molecule has 1 unspecified atom stereocenters. The highest BCUT2D eigenvalue weighted by atomic mass is 32.3. The van der Waals surface area contributed by atoms with Gasteiger partial charge in [0.05, 0.1) is 9.79 Å². The summed E-state index contributed by atoms with van der Waals surface area (Å²) < 4.78 is 44.1. The summed E-state index contributed by atoms with van der Waals surface area (Å²) in [6, 6.07) is 10.5. The molecular formula is C24H33NO3S2. The zero-order chi connectivity index (χ0) is 22.9. The van der Waals surface area contributed by atoms with Crippen LogP contribution in [0, 0.1) is 6.92 Å². The van der Waals surface area contributed by atoms with Gasteiger partial charge in [-0.3, -0.25) is 0 Å². The van der Waals surface area contributed by atoms with Crippen LogP contribution in [0.25, 0.3) is 0 Å². The van der Waals surface area contributed by atoms with Crippen LogP contribution >= 0.6 is 0 Å². The standard InChI is InChI=1S/C24H33NO3S2/c1-9-29(26,25-30(27,28)21-12-10-19(8)11-13-21)24-22(17(4)5)14-20(16(2)3)15-23(24)18(6)7/h9-18H,1H2,2-8H3. The highest BCUT2D eigenvalue weighted by molar-refractivity contribution is 8.05. The van der Waals surface area contributed by atoms with Gasteiger partial charge in [-0.05, 0) is 53.5 Å². The quantitative estimate of drug-likeness (QED) is 0.473. The van der Waals surface area contributed by atoms with Crippen LogP contribution in [-0.2, 0) is 19.8 Å². The van der Waals surface area contributed by atoms with Crippen molar-refractivity contribution < 1.29 is 12.6 Å². The summed E-state index contributed by atoms with van der Waals surface area (Å²) in [4.78, 5) is 0.515. The van der Waals surface area contributed by atoms with E-state index in [1.54, 1.807) is 12.1 Å². The maximum atomic E-state index is 14.1. The highest BCUT2D eigenvalue weighted by Gasteiger charge is 2.27. The topological polar surface area (TPSA) is 63.6 Å². The molecule has 2 rings (SSSR count). The Balaban J connectivity index is 2.93. The molecule has 2 aromatic carbocycles. The first-order chi connectivity index (χ1) is 13.8. The van der Waals surface area contributed by atoms with Gasteiger partial charge in [-0.2, -0.15) is 8.42 Å². The van der Waals surface area contributed by atoms with Gasteiger partial charge in [0, 0.05) is 5.41 Å². The van der Waals surface area contributed by atoms with Crippen molar-refractivity contribution in [2.45, 2.75) is 76.0 Å². The van der Waals surface area contributed by atoms with Crippen molar-refractivity contribution in [1.29, 1.82) is 0 Å². The van der Waals surface area contributed by atoms with E-state index in [-0.39, 0.29) is 16.7 Å². The molecule has 0 bridgehead atoms.